The Bertz CT molecular complexity index is 840. The van der Waals surface area contributed by atoms with Crippen LogP contribution in [0.5, 0.6) is 0 Å². The van der Waals surface area contributed by atoms with Crippen molar-refractivity contribution in [3.05, 3.63) is 35.9 Å². The second kappa shape index (κ2) is 9.33. The maximum Gasteiger partial charge on any atom is 0.424 e. The molecule has 0 bridgehead atoms. The molecule has 0 N–H and O–H groups in total. The summed E-state index contributed by atoms with van der Waals surface area (Å²) < 4.78 is 66.7. The molecule has 2 rings (SSSR count). The number of carbonyl (C=O) groups excluding carboxylic acids is 4. The molecule has 1 fully saturated rings. The lowest BCUT2D eigenvalue weighted by molar-refractivity contribution is -0.316. The molecule has 1 heterocycles. The predicted molar refractivity (Wildman–Crippen MR) is 93.3 cm³/mol. The van der Waals surface area contributed by atoms with Crippen molar-refractivity contribution in [3.63, 3.8) is 0 Å². The van der Waals surface area contributed by atoms with Crippen molar-refractivity contribution >= 4 is 23.9 Å². The normalized spacial score (nSPS) is 25.4. The summed E-state index contributed by atoms with van der Waals surface area (Å²) in [6, 6.07) is 7.14. The van der Waals surface area contributed by atoms with Crippen molar-refractivity contribution in [1.29, 1.82) is 0 Å². The Morgan fingerprint density at radius 3 is 1.97 bits per heavy atom. The van der Waals surface area contributed by atoms with Gasteiger partial charge < -0.3 is 23.7 Å². The van der Waals surface area contributed by atoms with Crippen molar-refractivity contribution in [2.45, 2.75) is 51.0 Å². The van der Waals surface area contributed by atoms with Crippen LogP contribution in [0, 0.1) is 0 Å². The first-order valence-corrected chi connectivity index (χ1v) is 8.86. The van der Waals surface area contributed by atoms with E-state index < -0.39 is 60.8 Å². The fraction of sp³-hybridized carbons (Fsp3) is 0.474. The largest absolute Gasteiger partial charge is 0.458 e. The average molecular weight is 448 g/mol. The van der Waals surface area contributed by atoms with E-state index in [-0.39, 0.29) is 5.56 Å². The van der Waals surface area contributed by atoms with Crippen LogP contribution in [0.4, 0.5) is 13.2 Å². The third kappa shape index (κ3) is 5.51. The molecule has 1 unspecified atom stereocenters. The third-order valence-corrected chi connectivity index (χ3v) is 4.14. The Labute approximate surface area is 174 Å². The third-order valence-electron chi connectivity index (χ3n) is 4.14. The van der Waals surface area contributed by atoms with Crippen LogP contribution in [0.2, 0.25) is 0 Å². The molecule has 1 aromatic rings. The molecule has 4 atom stereocenters. The van der Waals surface area contributed by atoms with E-state index in [9.17, 15) is 32.3 Å². The molecule has 1 aliphatic rings. The number of halogens is 3. The quantitative estimate of drug-likeness (QED) is 0.476. The Hall–Kier alpha value is -3.15. The molecule has 0 spiro atoms. The molecule has 1 aliphatic heterocycles. The molecule has 0 aromatic heterocycles. The van der Waals surface area contributed by atoms with E-state index >= 15 is 0 Å². The van der Waals surface area contributed by atoms with Gasteiger partial charge in [-0.3, -0.25) is 14.4 Å². The Balaban J connectivity index is 2.46. The zero-order chi connectivity index (χ0) is 23.4. The maximum atomic E-state index is 14.2. The first kappa shape index (κ1) is 24.1. The van der Waals surface area contributed by atoms with Crippen LogP contribution >= 0.6 is 0 Å². The van der Waals surface area contributed by atoms with Crippen molar-refractivity contribution in [2.24, 2.45) is 0 Å². The SMILES string of the molecule is CC(=O)OC1O[C@@](COC(=O)c2ccccc2)(C(F)(F)F)[C@@H](OC(C)=O)[C@H]1OC(C)=O. The fourth-order valence-electron chi connectivity index (χ4n) is 2.91. The van der Waals surface area contributed by atoms with Gasteiger partial charge in [-0.25, -0.2) is 4.79 Å². The van der Waals surface area contributed by atoms with Gasteiger partial charge in [0, 0.05) is 20.8 Å². The number of benzene rings is 1. The van der Waals surface area contributed by atoms with Gasteiger partial charge in [-0.2, -0.15) is 13.2 Å². The average Bonchev–Trinajstić information content (AvgIpc) is 2.92. The lowest BCUT2D eigenvalue weighted by Crippen LogP contribution is -2.59. The molecule has 31 heavy (non-hydrogen) atoms. The molecule has 0 saturated carbocycles. The van der Waals surface area contributed by atoms with E-state index in [0.717, 1.165) is 20.8 Å². The highest BCUT2D eigenvalue weighted by Gasteiger charge is 2.73. The van der Waals surface area contributed by atoms with E-state index in [1.165, 1.54) is 24.3 Å². The summed E-state index contributed by atoms with van der Waals surface area (Å²) in [5.74, 6) is -4.39. The smallest absolute Gasteiger partial charge is 0.424 e. The zero-order valence-corrected chi connectivity index (χ0v) is 16.6. The number of rotatable bonds is 6. The Kier molecular flexibility index (Phi) is 7.26. The summed E-state index contributed by atoms with van der Waals surface area (Å²) in [5.41, 5.74) is -3.53. The molecule has 0 aliphatic carbocycles. The minimum Gasteiger partial charge on any atom is -0.458 e. The van der Waals surface area contributed by atoms with Gasteiger partial charge in [0.1, 0.15) is 6.61 Å². The van der Waals surface area contributed by atoms with E-state index in [1.54, 1.807) is 6.07 Å². The van der Waals surface area contributed by atoms with Gasteiger partial charge in [0.05, 0.1) is 5.56 Å². The maximum absolute atomic E-state index is 14.2. The lowest BCUT2D eigenvalue weighted by atomic mass is 9.94. The highest BCUT2D eigenvalue weighted by atomic mass is 19.4. The molecule has 0 amide bonds. The lowest BCUT2D eigenvalue weighted by Gasteiger charge is -2.34. The van der Waals surface area contributed by atoms with Gasteiger partial charge in [0.15, 0.2) is 6.10 Å². The summed E-state index contributed by atoms with van der Waals surface area (Å²) >= 11 is 0. The van der Waals surface area contributed by atoms with Gasteiger partial charge in [0.2, 0.25) is 18.0 Å². The van der Waals surface area contributed by atoms with E-state index in [0.29, 0.717) is 0 Å². The Morgan fingerprint density at radius 2 is 1.48 bits per heavy atom. The monoisotopic (exact) mass is 448 g/mol. The number of hydrogen-bond donors (Lipinski definition) is 0. The van der Waals surface area contributed by atoms with Crippen LogP contribution in [0.1, 0.15) is 31.1 Å². The van der Waals surface area contributed by atoms with Crippen molar-refractivity contribution in [1.82, 2.24) is 0 Å². The van der Waals surface area contributed by atoms with Crippen LogP contribution in [-0.4, -0.2) is 60.8 Å². The van der Waals surface area contributed by atoms with Gasteiger partial charge >= 0.3 is 30.1 Å². The molecule has 0 radical (unpaired) electrons. The number of alkyl halides is 3. The number of carbonyl (C=O) groups is 4. The molecular weight excluding hydrogens is 429 g/mol. The molecular formula is C19H19F3O9. The molecule has 1 aromatic carbocycles. The number of esters is 4. The summed E-state index contributed by atoms with van der Waals surface area (Å²) in [6.45, 7) is 1.12. The van der Waals surface area contributed by atoms with Crippen LogP contribution in [0.25, 0.3) is 0 Å². The van der Waals surface area contributed by atoms with Crippen LogP contribution in [0.15, 0.2) is 30.3 Å². The van der Waals surface area contributed by atoms with Crippen LogP contribution in [0.3, 0.4) is 0 Å². The zero-order valence-electron chi connectivity index (χ0n) is 16.6. The van der Waals surface area contributed by atoms with Crippen molar-refractivity contribution in [3.8, 4) is 0 Å². The second-order valence-electron chi connectivity index (χ2n) is 6.53. The summed E-state index contributed by atoms with van der Waals surface area (Å²) in [7, 11) is 0. The second-order valence-corrected chi connectivity index (χ2v) is 6.53. The van der Waals surface area contributed by atoms with E-state index in [2.05, 4.69) is 0 Å². The molecule has 12 heteroatoms. The van der Waals surface area contributed by atoms with E-state index in [1.807, 2.05) is 0 Å². The molecule has 9 nitrogen and oxygen atoms in total. The Morgan fingerprint density at radius 1 is 0.935 bits per heavy atom. The highest BCUT2D eigenvalue weighted by Crippen LogP contribution is 2.47. The molecule has 170 valence electrons. The fourth-order valence-corrected chi connectivity index (χ4v) is 2.91. The minimum absolute atomic E-state index is 0.0464. The highest BCUT2D eigenvalue weighted by molar-refractivity contribution is 5.89. The van der Waals surface area contributed by atoms with Gasteiger partial charge in [-0.05, 0) is 12.1 Å². The predicted octanol–water partition coefficient (Wildman–Crippen LogP) is 1.93. The van der Waals surface area contributed by atoms with Gasteiger partial charge in [-0.1, -0.05) is 18.2 Å². The summed E-state index contributed by atoms with van der Waals surface area (Å²) in [4.78, 5) is 46.5. The van der Waals surface area contributed by atoms with Crippen molar-refractivity contribution < 1.29 is 56.0 Å². The first-order valence-electron chi connectivity index (χ1n) is 8.86. The number of hydrogen-bond acceptors (Lipinski definition) is 9. The molecule has 1 saturated heterocycles. The first-order chi connectivity index (χ1) is 14.4. The van der Waals surface area contributed by atoms with Gasteiger partial charge in [-0.15, -0.1) is 0 Å². The van der Waals surface area contributed by atoms with Crippen molar-refractivity contribution in [2.75, 3.05) is 6.61 Å². The van der Waals surface area contributed by atoms with Gasteiger partial charge in [0.25, 0.3) is 0 Å². The summed E-state index contributed by atoms with van der Waals surface area (Å²) in [6.07, 6.45) is -11.7. The number of ether oxygens (including phenoxy) is 5. The summed E-state index contributed by atoms with van der Waals surface area (Å²) in [5, 5.41) is 0. The topological polar surface area (TPSA) is 114 Å². The minimum atomic E-state index is -5.31. The van der Waals surface area contributed by atoms with E-state index in [4.69, 9.17) is 23.7 Å². The van der Waals surface area contributed by atoms with Crippen LogP contribution in [-0.2, 0) is 38.1 Å². The standard InChI is InChI=1S/C19H19F3O9/c1-10(23)28-14-15(29-11(2)24)18(19(20,21)22,31-17(14)30-12(3)25)9-27-16(26)13-7-5-4-6-8-13/h4-8,14-15,17H,9H2,1-3H3/t14-,15+,17?,18-/m1/s1. The van der Waals surface area contributed by atoms with Crippen LogP contribution < -0.4 is 0 Å².